The molecule has 0 radical (unpaired) electrons. The van der Waals surface area contributed by atoms with Gasteiger partial charge in [-0.2, -0.15) is 0 Å². The van der Waals surface area contributed by atoms with Crippen LogP contribution in [-0.4, -0.2) is 33.5 Å². The highest BCUT2D eigenvalue weighted by molar-refractivity contribution is 5.96. The Morgan fingerprint density at radius 3 is 2.50 bits per heavy atom. The number of rotatable bonds is 4. The molecule has 1 aromatic rings. The predicted octanol–water partition coefficient (Wildman–Crippen LogP) is 1.35. The van der Waals surface area contributed by atoms with Crippen LogP contribution in [0.4, 0.5) is 0 Å². The summed E-state index contributed by atoms with van der Waals surface area (Å²) in [6.07, 6.45) is 5.51. The molecule has 2 atom stereocenters. The van der Waals surface area contributed by atoms with E-state index in [0.29, 0.717) is 0 Å². The minimum absolute atomic E-state index is 0.145. The zero-order valence-electron chi connectivity index (χ0n) is 11.7. The van der Waals surface area contributed by atoms with Gasteiger partial charge in [0.25, 0.3) is 0 Å². The Bertz CT molecular complexity index is 688. The van der Waals surface area contributed by atoms with Crippen LogP contribution in [-0.2, 0) is 9.59 Å². The molecule has 1 aliphatic carbocycles. The van der Waals surface area contributed by atoms with Gasteiger partial charge in [-0.3, -0.25) is 9.59 Å². The maximum absolute atomic E-state index is 12.2. The number of carbonyl (C=O) groups is 3. The number of para-hydroxylation sites is 1. The molecule has 2 N–H and O–H groups in total. The molecule has 1 aromatic carbocycles. The van der Waals surface area contributed by atoms with Crippen molar-refractivity contribution in [2.45, 2.75) is 12.5 Å². The lowest BCUT2D eigenvalue weighted by molar-refractivity contribution is -0.150. The van der Waals surface area contributed by atoms with Crippen LogP contribution in [0.1, 0.15) is 17.3 Å². The van der Waals surface area contributed by atoms with Crippen molar-refractivity contribution in [1.29, 1.82) is 0 Å². The number of allylic oxidation sites excluding steroid dienone is 2. The number of benzene rings is 1. The summed E-state index contributed by atoms with van der Waals surface area (Å²) in [5, 5.41) is 19.4. The topological polar surface area (TPSA) is 101 Å². The summed E-state index contributed by atoms with van der Waals surface area (Å²) in [5.74, 6) is -4.15. The van der Waals surface area contributed by atoms with Gasteiger partial charge >= 0.3 is 11.9 Å². The fourth-order valence-electron chi connectivity index (χ4n) is 2.13. The lowest BCUT2D eigenvalue weighted by Gasteiger charge is -2.29. The van der Waals surface area contributed by atoms with Crippen molar-refractivity contribution < 1.29 is 29.3 Å². The van der Waals surface area contributed by atoms with Gasteiger partial charge in [-0.1, -0.05) is 30.4 Å². The number of hydrogen-bond acceptors (Lipinski definition) is 5. The molecule has 0 aliphatic heterocycles. The van der Waals surface area contributed by atoms with Crippen molar-refractivity contribution in [2.75, 3.05) is 0 Å². The standard InChI is InChI=1S/C16H14O6/c1-10(17)16(21)9-5-4-7-12(16)15(20)22-13-8-3-2-6-11(13)14(18)19/h2-9,12,21H,1H3,(H,18,19). The Kier molecular flexibility index (Phi) is 4.23. The normalized spacial score (nSPS) is 23.1. The van der Waals surface area contributed by atoms with Gasteiger partial charge in [0.2, 0.25) is 0 Å². The highest BCUT2D eigenvalue weighted by atomic mass is 16.5. The molecule has 0 aromatic heterocycles. The zero-order valence-corrected chi connectivity index (χ0v) is 11.7. The average molecular weight is 302 g/mol. The largest absolute Gasteiger partial charge is 0.478 e. The zero-order chi connectivity index (χ0) is 16.3. The van der Waals surface area contributed by atoms with Gasteiger partial charge in [0.15, 0.2) is 11.4 Å². The van der Waals surface area contributed by atoms with E-state index in [1.54, 1.807) is 0 Å². The molecule has 114 valence electrons. The Balaban J connectivity index is 2.30. The van der Waals surface area contributed by atoms with Crippen molar-refractivity contribution in [3.05, 3.63) is 54.1 Å². The van der Waals surface area contributed by atoms with Gasteiger partial charge in [-0.05, 0) is 25.1 Å². The first-order chi connectivity index (χ1) is 10.4. The molecule has 22 heavy (non-hydrogen) atoms. The molecular weight excluding hydrogens is 288 g/mol. The summed E-state index contributed by atoms with van der Waals surface area (Å²) >= 11 is 0. The quantitative estimate of drug-likeness (QED) is 0.643. The van der Waals surface area contributed by atoms with Crippen molar-refractivity contribution in [3.63, 3.8) is 0 Å². The summed E-state index contributed by atoms with van der Waals surface area (Å²) in [7, 11) is 0. The SMILES string of the molecule is CC(=O)C1(O)C=CC=CC1C(=O)Oc1ccccc1C(=O)O. The lowest BCUT2D eigenvalue weighted by Crippen LogP contribution is -2.47. The molecule has 0 spiro atoms. The molecule has 0 amide bonds. The number of esters is 1. The van der Waals surface area contributed by atoms with Crippen LogP contribution < -0.4 is 4.74 Å². The maximum Gasteiger partial charge on any atom is 0.339 e. The molecule has 6 nitrogen and oxygen atoms in total. The minimum Gasteiger partial charge on any atom is -0.478 e. The van der Waals surface area contributed by atoms with Crippen molar-refractivity contribution >= 4 is 17.7 Å². The number of Topliss-reactive ketones (excluding diaryl/α,β-unsaturated/α-hetero) is 1. The van der Waals surface area contributed by atoms with Crippen LogP contribution in [0, 0.1) is 5.92 Å². The monoisotopic (exact) mass is 302 g/mol. The molecule has 2 rings (SSSR count). The fourth-order valence-corrected chi connectivity index (χ4v) is 2.13. The molecule has 1 aliphatic rings. The van der Waals surface area contributed by atoms with Crippen molar-refractivity contribution in [1.82, 2.24) is 0 Å². The first-order valence-electron chi connectivity index (χ1n) is 6.49. The van der Waals surface area contributed by atoms with E-state index in [0.717, 1.165) is 6.92 Å². The van der Waals surface area contributed by atoms with Gasteiger partial charge in [0.1, 0.15) is 17.2 Å². The van der Waals surface area contributed by atoms with E-state index >= 15 is 0 Å². The number of carboxylic acid groups (broad SMARTS) is 1. The third-order valence-corrected chi connectivity index (χ3v) is 3.39. The smallest absolute Gasteiger partial charge is 0.339 e. The third-order valence-electron chi connectivity index (χ3n) is 3.39. The number of carbonyl (C=O) groups excluding carboxylic acids is 2. The van der Waals surface area contributed by atoms with Crippen LogP contribution in [0.25, 0.3) is 0 Å². The van der Waals surface area contributed by atoms with Crippen molar-refractivity contribution in [3.8, 4) is 5.75 Å². The van der Waals surface area contributed by atoms with E-state index in [1.165, 1.54) is 48.6 Å². The highest BCUT2D eigenvalue weighted by Crippen LogP contribution is 2.28. The Morgan fingerprint density at radius 2 is 1.86 bits per heavy atom. The fraction of sp³-hybridized carbons (Fsp3) is 0.188. The summed E-state index contributed by atoms with van der Waals surface area (Å²) in [6, 6.07) is 5.63. The number of ketones is 1. The molecular formula is C16H14O6. The first-order valence-corrected chi connectivity index (χ1v) is 6.49. The first kappa shape index (κ1) is 15.7. The molecule has 0 saturated heterocycles. The summed E-state index contributed by atoms with van der Waals surface area (Å²) in [4.78, 5) is 35.0. The maximum atomic E-state index is 12.2. The Hall–Kier alpha value is -2.73. The number of aliphatic hydroxyl groups is 1. The molecule has 2 unspecified atom stereocenters. The minimum atomic E-state index is -2.00. The van der Waals surface area contributed by atoms with Gasteiger partial charge in [0.05, 0.1) is 0 Å². The summed E-state index contributed by atoms with van der Waals surface area (Å²) < 4.78 is 5.07. The Labute approximate surface area is 126 Å². The highest BCUT2D eigenvalue weighted by Gasteiger charge is 2.44. The molecule has 0 bridgehead atoms. The van der Waals surface area contributed by atoms with E-state index in [9.17, 15) is 19.5 Å². The van der Waals surface area contributed by atoms with Gasteiger partial charge in [0, 0.05) is 0 Å². The van der Waals surface area contributed by atoms with Crippen LogP contribution in [0.5, 0.6) is 5.75 Å². The summed E-state index contributed by atoms with van der Waals surface area (Å²) in [6.45, 7) is 1.16. The van der Waals surface area contributed by atoms with Gasteiger partial charge in [-0.15, -0.1) is 0 Å². The predicted molar refractivity (Wildman–Crippen MR) is 76.4 cm³/mol. The summed E-state index contributed by atoms with van der Waals surface area (Å²) in [5.41, 5.74) is -2.18. The average Bonchev–Trinajstić information content (AvgIpc) is 2.47. The second-order valence-electron chi connectivity index (χ2n) is 4.83. The van der Waals surface area contributed by atoms with Crippen molar-refractivity contribution in [2.24, 2.45) is 5.92 Å². The van der Waals surface area contributed by atoms with Crippen LogP contribution >= 0.6 is 0 Å². The number of ether oxygens (including phenoxy) is 1. The van der Waals surface area contributed by atoms with Gasteiger partial charge < -0.3 is 14.9 Å². The van der Waals surface area contributed by atoms with Crippen LogP contribution in [0.3, 0.4) is 0 Å². The van der Waals surface area contributed by atoms with E-state index in [4.69, 9.17) is 9.84 Å². The van der Waals surface area contributed by atoms with E-state index in [-0.39, 0.29) is 11.3 Å². The second kappa shape index (κ2) is 5.95. The molecule has 6 heteroatoms. The van der Waals surface area contributed by atoms with Crippen LogP contribution in [0.15, 0.2) is 48.6 Å². The number of carboxylic acids is 1. The lowest BCUT2D eigenvalue weighted by atomic mass is 9.81. The van der Waals surface area contributed by atoms with Gasteiger partial charge in [-0.25, -0.2) is 4.79 Å². The molecule has 0 heterocycles. The van der Waals surface area contributed by atoms with Crippen LogP contribution in [0.2, 0.25) is 0 Å². The number of aromatic carboxylic acids is 1. The van der Waals surface area contributed by atoms with E-state index < -0.39 is 29.2 Å². The molecule has 0 saturated carbocycles. The third kappa shape index (κ3) is 2.82. The van der Waals surface area contributed by atoms with E-state index in [2.05, 4.69) is 0 Å². The Morgan fingerprint density at radius 1 is 1.18 bits per heavy atom. The second-order valence-corrected chi connectivity index (χ2v) is 4.83. The molecule has 0 fully saturated rings. The van der Waals surface area contributed by atoms with E-state index in [1.807, 2.05) is 0 Å². The number of hydrogen-bond donors (Lipinski definition) is 2.